The molecule has 0 fully saturated rings. The molecule has 0 amide bonds. The SMILES string of the molecule is CCCCNCc1cc(-c2ccc(C)cc2)nn(CC)c1=O. The van der Waals surface area contributed by atoms with Crippen molar-refractivity contribution in [1.29, 1.82) is 0 Å². The van der Waals surface area contributed by atoms with Crippen molar-refractivity contribution < 1.29 is 0 Å². The molecule has 0 unspecified atom stereocenters. The lowest BCUT2D eigenvalue weighted by molar-refractivity contribution is 0.590. The third-order valence-corrected chi connectivity index (χ3v) is 3.72. The molecule has 1 aromatic carbocycles. The molecule has 0 saturated heterocycles. The molecule has 0 aliphatic rings. The van der Waals surface area contributed by atoms with Gasteiger partial charge in [-0.25, -0.2) is 4.68 Å². The molecule has 0 bridgehead atoms. The molecular formula is C18H25N3O. The third kappa shape index (κ3) is 4.04. The number of nitrogens with one attached hydrogen (secondary N) is 1. The average molecular weight is 299 g/mol. The van der Waals surface area contributed by atoms with E-state index in [4.69, 9.17) is 0 Å². The molecule has 22 heavy (non-hydrogen) atoms. The van der Waals surface area contributed by atoms with E-state index >= 15 is 0 Å². The molecule has 4 nitrogen and oxygen atoms in total. The Balaban J connectivity index is 2.31. The van der Waals surface area contributed by atoms with Gasteiger partial charge in [0.1, 0.15) is 0 Å². The molecule has 0 saturated carbocycles. The summed E-state index contributed by atoms with van der Waals surface area (Å²) in [6, 6.07) is 10.2. The van der Waals surface area contributed by atoms with Crippen LogP contribution < -0.4 is 10.9 Å². The normalized spacial score (nSPS) is 10.9. The topological polar surface area (TPSA) is 46.9 Å². The Hall–Kier alpha value is -1.94. The second kappa shape index (κ2) is 7.90. The van der Waals surface area contributed by atoms with Crippen molar-refractivity contribution in [3.8, 4) is 11.3 Å². The van der Waals surface area contributed by atoms with Gasteiger partial charge in [0.15, 0.2) is 0 Å². The van der Waals surface area contributed by atoms with Crippen molar-refractivity contribution in [3.63, 3.8) is 0 Å². The van der Waals surface area contributed by atoms with Crippen LogP contribution in [-0.2, 0) is 13.1 Å². The monoisotopic (exact) mass is 299 g/mol. The van der Waals surface area contributed by atoms with Crippen LogP contribution in [0.5, 0.6) is 0 Å². The summed E-state index contributed by atoms with van der Waals surface area (Å²) in [4.78, 5) is 12.4. The average Bonchev–Trinajstić information content (AvgIpc) is 2.53. The summed E-state index contributed by atoms with van der Waals surface area (Å²) in [6.07, 6.45) is 2.27. The van der Waals surface area contributed by atoms with Gasteiger partial charge in [-0.05, 0) is 32.9 Å². The van der Waals surface area contributed by atoms with Gasteiger partial charge in [0.2, 0.25) is 0 Å². The number of rotatable bonds is 7. The molecule has 0 atom stereocenters. The summed E-state index contributed by atoms with van der Waals surface area (Å²) in [5, 5.41) is 7.81. The number of hydrogen-bond donors (Lipinski definition) is 1. The van der Waals surface area contributed by atoms with Crippen molar-refractivity contribution in [1.82, 2.24) is 15.1 Å². The molecule has 118 valence electrons. The van der Waals surface area contributed by atoms with E-state index in [-0.39, 0.29) is 5.56 Å². The molecular weight excluding hydrogens is 274 g/mol. The number of aromatic nitrogens is 2. The minimum Gasteiger partial charge on any atom is -0.312 e. The van der Waals surface area contributed by atoms with Crippen molar-refractivity contribution >= 4 is 0 Å². The Labute approximate surface area is 132 Å². The van der Waals surface area contributed by atoms with Crippen LogP contribution in [0.4, 0.5) is 0 Å². The lowest BCUT2D eigenvalue weighted by Crippen LogP contribution is -2.29. The summed E-state index contributed by atoms with van der Waals surface area (Å²) >= 11 is 0. The Bertz CT molecular complexity index is 659. The number of nitrogens with zero attached hydrogens (tertiary/aromatic N) is 2. The summed E-state index contributed by atoms with van der Waals surface area (Å²) in [5.41, 5.74) is 3.90. The number of unbranched alkanes of at least 4 members (excludes halogenated alkanes) is 1. The second-order valence-corrected chi connectivity index (χ2v) is 5.57. The highest BCUT2D eigenvalue weighted by molar-refractivity contribution is 5.59. The van der Waals surface area contributed by atoms with Gasteiger partial charge in [0.25, 0.3) is 5.56 Å². The number of aryl methyl sites for hydroxylation is 2. The van der Waals surface area contributed by atoms with Crippen molar-refractivity contribution in [3.05, 3.63) is 51.8 Å². The van der Waals surface area contributed by atoms with E-state index in [0.717, 1.165) is 36.2 Å². The van der Waals surface area contributed by atoms with Gasteiger partial charge in [0.05, 0.1) is 5.69 Å². The standard InChI is InChI=1S/C18H25N3O/c1-4-6-11-19-13-16-12-17(20-21(5-2)18(16)22)15-9-7-14(3)8-10-15/h7-10,12,19H,4-6,11,13H2,1-3H3. The van der Waals surface area contributed by atoms with Crippen LogP contribution in [0.2, 0.25) is 0 Å². The second-order valence-electron chi connectivity index (χ2n) is 5.57. The van der Waals surface area contributed by atoms with Crippen LogP contribution in [0.1, 0.15) is 37.8 Å². The fourth-order valence-electron chi connectivity index (χ4n) is 2.33. The Morgan fingerprint density at radius 3 is 2.55 bits per heavy atom. The van der Waals surface area contributed by atoms with Crippen LogP contribution >= 0.6 is 0 Å². The van der Waals surface area contributed by atoms with E-state index in [2.05, 4.69) is 48.5 Å². The van der Waals surface area contributed by atoms with Crippen molar-refractivity contribution in [2.75, 3.05) is 6.54 Å². The minimum atomic E-state index is 0.00219. The van der Waals surface area contributed by atoms with E-state index in [1.807, 2.05) is 13.0 Å². The Morgan fingerprint density at radius 1 is 1.18 bits per heavy atom. The minimum absolute atomic E-state index is 0.00219. The van der Waals surface area contributed by atoms with Crippen molar-refractivity contribution in [2.45, 2.75) is 46.7 Å². The van der Waals surface area contributed by atoms with E-state index in [0.29, 0.717) is 13.1 Å². The fraction of sp³-hybridized carbons (Fsp3) is 0.444. The molecule has 0 spiro atoms. The fourth-order valence-corrected chi connectivity index (χ4v) is 2.33. The molecule has 0 aliphatic heterocycles. The highest BCUT2D eigenvalue weighted by Crippen LogP contribution is 2.17. The van der Waals surface area contributed by atoms with Gasteiger partial charge in [-0.2, -0.15) is 5.10 Å². The molecule has 1 heterocycles. The summed E-state index contributed by atoms with van der Waals surface area (Å²) in [6.45, 7) is 8.29. The predicted octanol–water partition coefficient (Wildman–Crippen LogP) is 3.13. The van der Waals surface area contributed by atoms with Crippen LogP contribution in [0, 0.1) is 6.92 Å². The van der Waals surface area contributed by atoms with Gasteiger partial charge in [-0.1, -0.05) is 43.2 Å². The van der Waals surface area contributed by atoms with E-state index in [1.54, 1.807) is 4.68 Å². The maximum Gasteiger partial charge on any atom is 0.271 e. The van der Waals surface area contributed by atoms with Gasteiger partial charge in [0, 0.05) is 24.2 Å². The first-order valence-electron chi connectivity index (χ1n) is 8.04. The highest BCUT2D eigenvalue weighted by Gasteiger charge is 2.09. The molecule has 4 heteroatoms. The van der Waals surface area contributed by atoms with E-state index in [9.17, 15) is 4.79 Å². The molecule has 2 aromatic rings. The first kappa shape index (κ1) is 16.4. The maximum atomic E-state index is 12.4. The lowest BCUT2D eigenvalue weighted by Gasteiger charge is -2.10. The quantitative estimate of drug-likeness (QED) is 0.799. The van der Waals surface area contributed by atoms with Gasteiger partial charge in [-0.15, -0.1) is 0 Å². The van der Waals surface area contributed by atoms with Crippen LogP contribution in [0.3, 0.4) is 0 Å². The van der Waals surface area contributed by atoms with Gasteiger partial charge in [-0.3, -0.25) is 4.79 Å². The number of benzene rings is 1. The molecule has 2 rings (SSSR count). The van der Waals surface area contributed by atoms with E-state index < -0.39 is 0 Å². The highest BCUT2D eigenvalue weighted by atomic mass is 16.1. The summed E-state index contributed by atoms with van der Waals surface area (Å²) in [5.74, 6) is 0. The summed E-state index contributed by atoms with van der Waals surface area (Å²) < 4.78 is 1.55. The maximum absolute atomic E-state index is 12.4. The molecule has 1 aromatic heterocycles. The zero-order chi connectivity index (χ0) is 15.9. The van der Waals surface area contributed by atoms with Gasteiger partial charge < -0.3 is 5.32 Å². The lowest BCUT2D eigenvalue weighted by atomic mass is 10.1. The van der Waals surface area contributed by atoms with E-state index in [1.165, 1.54) is 5.56 Å². The van der Waals surface area contributed by atoms with Crippen LogP contribution in [-0.4, -0.2) is 16.3 Å². The third-order valence-electron chi connectivity index (χ3n) is 3.72. The summed E-state index contributed by atoms with van der Waals surface area (Å²) in [7, 11) is 0. The Kier molecular flexibility index (Phi) is 5.90. The van der Waals surface area contributed by atoms with Gasteiger partial charge >= 0.3 is 0 Å². The van der Waals surface area contributed by atoms with Crippen LogP contribution in [0.25, 0.3) is 11.3 Å². The zero-order valence-corrected chi connectivity index (χ0v) is 13.7. The molecule has 0 aliphatic carbocycles. The Morgan fingerprint density at radius 2 is 1.91 bits per heavy atom. The predicted molar refractivity (Wildman–Crippen MR) is 91.0 cm³/mol. The van der Waals surface area contributed by atoms with Crippen LogP contribution in [0.15, 0.2) is 35.1 Å². The largest absolute Gasteiger partial charge is 0.312 e. The first-order valence-corrected chi connectivity index (χ1v) is 8.04. The van der Waals surface area contributed by atoms with Crippen molar-refractivity contribution in [2.24, 2.45) is 0 Å². The molecule has 0 radical (unpaired) electrons. The molecule has 1 N–H and O–H groups in total. The number of hydrogen-bond acceptors (Lipinski definition) is 3. The smallest absolute Gasteiger partial charge is 0.271 e. The first-order chi connectivity index (χ1) is 10.7. The zero-order valence-electron chi connectivity index (χ0n) is 13.7.